The van der Waals surface area contributed by atoms with Crippen molar-refractivity contribution in [3.05, 3.63) is 33.3 Å². The highest BCUT2D eigenvalue weighted by molar-refractivity contribution is 9.10. The van der Waals surface area contributed by atoms with Crippen LogP contribution in [0.4, 0.5) is 8.78 Å². The molecule has 0 saturated carbocycles. The van der Waals surface area contributed by atoms with E-state index in [-0.39, 0.29) is 34.2 Å². The third-order valence-corrected chi connectivity index (χ3v) is 2.82. The maximum Gasteiger partial charge on any atom is 0.310 e. The molecular weight excluding hydrogens is 308 g/mol. The molecule has 1 aromatic carbocycles. The molecule has 0 aliphatic rings. The number of nitriles is 1. The SMILES string of the molecule is CCOC(=O)Cc1cc(C(F)F)cc(Br)c1C#N. The van der Waals surface area contributed by atoms with Crippen LogP contribution in [-0.4, -0.2) is 12.6 Å². The molecule has 0 amide bonds. The highest BCUT2D eigenvalue weighted by atomic mass is 79.9. The average Bonchev–Trinajstić information content (AvgIpc) is 2.28. The van der Waals surface area contributed by atoms with Gasteiger partial charge in [0.25, 0.3) is 6.43 Å². The summed E-state index contributed by atoms with van der Waals surface area (Å²) < 4.78 is 30.2. The van der Waals surface area contributed by atoms with Crippen LogP contribution in [0.1, 0.15) is 30.0 Å². The minimum Gasteiger partial charge on any atom is -0.466 e. The third kappa shape index (κ3) is 3.50. The molecule has 3 nitrogen and oxygen atoms in total. The second kappa shape index (κ2) is 6.45. The van der Waals surface area contributed by atoms with Gasteiger partial charge in [0.15, 0.2) is 0 Å². The van der Waals surface area contributed by atoms with E-state index in [2.05, 4.69) is 15.9 Å². The van der Waals surface area contributed by atoms with Crippen molar-refractivity contribution in [1.82, 2.24) is 0 Å². The maximum absolute atomic E-state index is 12.6. The number of hydrogen-bond acceptors (Lipinski definition) is 3. The van der Waals surface area contributed by atoms with Gasteiger partial charge in [-0.1, -0.05) is 0 Å². The van der Waals surface area contributed by atoms with Crippen molar-refractivity contribution in [3.63, 3.8) is 0 Å². The van der Waals surface area contributed by atoms with Gasteiger partial charge in [0, 0.05) is 10.0 Å². The van der Waals surface area contributed by atoms with Crippen molar-refractivity contribution in [2.24, 2.45) is 0 Å². The Morgan fingerprint density at radius 3 is 2.72 bits per heavy atom. The fourth-order valence-electron chi connectivity index (χ4n) is 1.45. The van der Waals surface area contributed by atoms with Gasteiger partial charge in [0.05, 0.1) is 18.6 Å². The van der Waals surface area contributed by atoms with Gasteiger partial charge in [-0.25, -0.2) is 8.78 Å². The number of esters is 1. The Morgan fingerprint density at radius 1 is 1.56 bits per heavy atom. The summed E-state index contributed by atoms with van der Waals surface area (Å²) >= 11 is 3.05. The zero-order valence-electron chi connectivity index (χ0n) is 9.54. The van der Waals surface area contributed by atoms with Gasteiger partial charge in [0.1, 0.15) is 6.07 Å². The Labute approximate surface area is 111 Å². The molecule has 1 aromatic rings. The lowest BCUT2D eigenvalue weighted by atomic mass is 10.0. The van der Waals surface area contributed by atoms with Crippen LogP contribution in [0.5, 0.6) is 0 Å². The lowest BCUT2D eigenvalue weighted by molar-refractivity contribution is -0.142. The fraction of sp³-hybridized carbons (Fsp3) is 0.333. The van der Waals surface area contributed by atoms with Crippen molar-refractivity contribution in [3.8, 4) is 6.07 Å². The molecule has 0 bridgehead atoms. The number of carbonyl (C=O) groups is 1. The number of nitrogens with zero attached hydrogens (tertiary/aromatic N) is 1. The summed E-state index contributed by atoms with van der Waals surface area (Å²) in [6, 6.07) is 4.21. The summed E-state index contributed by atoms with van der Waals surface area (Å²) in [5, 5.41) is 8.95. The molecule has 0 spiro atoms. The second-order valence-corrected chi connectivity index (χ2v) is 4.29. The predicted octanol–water partition coefficient (Wildman–Crippen LogP) is 3.36. The monoisotopic (exact) mass is 317 g/mol. The van der Waals surface area contributed by atoms with E-state index >= 15 is 0 Å². The van der Waals surface area contributed by atoms with Crippen LogP contribution in [-0.2, 0) is 16.0 Å². The summed E-state index contributed by atoms with van der Waals surface area (Å²) in [5.41, 5.74) is 0.174. The molecule has 0 unspecified atom stereocenters. The topological polar surface area (TPSA) is 50.1 Å². The molecule has 0 aliphatic heterocycles. The van der Waals surface area contributed by atoms with Crippen molar-refractivity contribution < 1.29 is 18.3 Å². The number of benzene rings is 1. The van der Waals surface area contributed by atoms with Crippen molar-refractivity contribution in [2.75, 3.05) is 6.61 Å². The van der Waals surface area contributed by atoms with E-state index in [1.807, 2.05) is 6.07 Å². The van der Waals surface area contributed by atoms with Crippen molar-refractivity contribution >= 4 is 21.9 Å². The fourth-order valence-corrected chi connectivity index (χ4v) is 2.05. The lowest BCUT2D eigenvalue weighted by Crippen LogP contribution is -2.09. The minimum atomic E-state index is -2.66. The van der Waals surface area contributed by atoms with E-state index in [1.54, 1.807) is 6.92 Å². The molecule has 18 heavy (non-hydrogen) atoms. The Kier molecular flexibility index (Phi) is 5.23. The van der Waals surface area contributed by atoms with Crippen LogP contribution in [0.3, 0.4) is 0 Å². The van der Waals surface area contributed by atoms with Crippen LogP contribution >= 0.6 is 15.9 Å². The van der Waals surface area contributed by atoms with Gasteiger partial charge < -0.3 is 4.74 Å². The number of rotatable bonds is 4. The number of hydrogen-bond donors (Lipinski definition) is 0. The van der Waals surface area contributed by atoms with E-state index in [1.165, 1.54) is 6.07 Å². The van der Waals surface area contributed by atoms with Crippen LogP contribution in [0.15, 0.2) is 16.6 Å². The normalized spacial score (nSPS) is 10.2. The zero-order chi connectivity index (χ0) is 13.7. The molecule has 96 valence electrons. The summed E-state index contributed by atoms with van der Waals surface area (Å²) in [7, 11) is 0. The number of halogens is 3. The first-order valence-electron chi connectivity index (χ1n) is 5.15. The first kappa shape index (κ1) is 14.6. The Morgan fingerprint density at radius 2 is 2.22 bits per heavy atom. The maximum atomic E-state index is 12.6. The molecule has 6 heteroatoms. The van der Waals surface area contributed by atoms with Crippen LogP contribution in [0.25, 0.3) is 0 Å². The highest BCUT2D eigenvalue weighted by Gasteiger charge is 2.17. The van der Waals surface area contributed by atoms with Gasteiger partial charge in [-0.2, -0.15) is 5.26 Å². The van der Waals surface area contributed by atoms with E-state index in [9.17, 15) is 13.6 Å². The first-order valence-corrected chi connectivity index (χ1v) is 5.95. The molecule has 0 atom stereocenters. The predicted molar refractivity (Wildman–Crippen MR) is 64.2 cm³/mol. The number of ether oxygens (including phenoxy) is 1. The van der Waals surface area contributed by atoms with E-state index in [0.29, 0.717) is 0 Å². The second-order valence-electron chi connectivity index (χ2n) is 3.43. The van der Waals surface area contributed by atoms with Gasteiger partial charge in [-0.3, -0.25) is 4.79 Å². The largest absolute Gasteiger partial charge is 0.466 e. The molecule has 0 aliphatic carbocycles. The van der Waals surface area contributed by atoms with Gasteiger partial charge in [-0.05, 0) is 40.5 Å². The third-order valence-electron chi connectivity index (χ3n) is 2.20. The van der Waals surface area contributed by atoms with Gasteiger partial charge >= 0.3 is 5.97 Å². The van der Waals surface area contributed by atoms with E-state index < -0.39 is 12.4 Å². The standard InChI is InChI=1S/C12H10BrF2NO2/c1-2-18-11(17)5-7-3-8(12(14)15)4-10(13)9(7)6-16/h3-4,12H,2,5H2,1H3. The molecule has 0 saturated heterocycles. The molecule has 0 heterocycles. The summed E-state index contributed by atoms with van der Waals surface area (Å²) in [6.07, 6.45) is -2.86. The molecule has 0 radical (unpaired) electrons. The number of carbonyl (C=O) groups excluding carboxylic acids is 1. The Hall–Kier alpha value is -1.48. The van der Waals surface area contributed by atoms with Crippen LogP contribution in [0.2, 0.25) is 0 Å². The average molecular weight is 318 g/mol. The van der Waals surface area contributed by atoms with Crippen molar-refractivity contribution in [1.29, 1.82) is 5.26 Å². The molecular formula is C12H10BrF2NO2. The first-order chi connectivity index (χ1) is 8.49. The van der Waals surface area contributed by atoms with Gasteiger partial charge in [-0.15, -0.1) is 0 Å². The lowest BCUT2D eigenvalue weighted by Gasteiger charge is -2.09. The van der Waals surface area contributed by atoms with Gasteiger partial charge in [0.2, 0.25) is 0 Å². The van der Waals surface area contributed by atoms with Crippen molar-refractivity contribution in [2.45, 2.75) is 19.8 Å². The molecule has 0 N–H and O–H groups in total. The van der Waals surface area contributed by atoms with Crippen LogP contribution < -0.4 is 0 Å². The van der Waals surface area contributed by atoms with E-state index in [0.717, 1.165) is 6.07 Å². The Balaban J connectivity index is 3.15. The zero-order valence-corrected chi connectivity index (χ0v) is 11.1. The van der Waals surface area contributed by atoms with Crippen LogP contribution in [0, 0.1) is 11.3 Å². The Bertz CT molecular complexity index is 498. The van der Waals surface area contributed by atoms with E-state index in [4.69, 9.17) is 10.00 Å². The quantitative estimate of drug-likeness (QED) is 0.800. The highest BCUT2D eigenvalue weighted by Crippen LogP contribution is 2.28. The summed E-state index contributed by atoms with van der Waals surface area (Å²) in [5.74, 6) is -0.549. The molecule has 1 rings (SSSR count). The molecule has 0 fully saturated rings. The minimum absolute atomic E-state index is 0.174. The smallest absolute Gasteiger partial charge is 0.310 e. The molecule has 0 aromatic heterocycles. The summed E-state index contributed by atoms with van der Waals surface area (Å²) in [4.78, 5) is 11.3. The summed E-state index contributed by atoms with van der Waals surface area (Å²) in [6.45, 7) is 1.85. The number of alkyl halides is 2.